The van der Waals surface area contributed by atoms with Gasteiger partial charge in [-0.2, -0.15) is 0 Å². The van der Waals surface area contributed by atoms with E-state index in [0.717, 1.165) is 0 Å². The molecule has 0 atom stereocenters. The number of aryl methyl sites for hydroxylation is 2. The number of aromatic carboxylic acids is 1. The van der Waals surface area contributed by atoms with Gasteiger partial charge in [-0.05, 0) is 0 Å². The molecule has 6 nitrogen and oxygen atoms in total. The Bertz CT molecular complexity index is 514. The first-order chi connectivity index (χ1) is 7.32. The highest BCUT2D eigenvalue weighted by atomic mass is 32.2. The maximum atomic E-state index is 11.3. The number of nitrogens with two attached hydrogens (primary N) is 1. The molecule has 0 aliphatic rings. The molecule has 0 amide bonds. The number of carboxylic acids is 1. The van der Waals surface area contributed by atoms with Gasteiger partial charge in [0.05, 0.1) is 0 Å². The minimum Gasteiger partial charge on any atom is -0.478 e. The van der Waals surface area contributed by atoms with Gasteiger partial charge in [0.15, 0.2) is 0 Å². The fraction of sp³-hybridized carbons (Fsp3) is 0.444. The van der Waals surface area contributed by atoms with Crippen molar-refractivity contribution in [1.82, 2.24) is 0 Å². The fourth-order valence-corrected chi connectivity index (χ4v) is 2.50. The highest BCUT2D eigenvalue weighted by Gasteiger charge is 2.30. The number of carbonyl (C=O) groups is 1. The van der Waals surface area contributed by atoms with E-state index in [9.17, 15) is 13.2 Å². The number of rotatable bonds is 4. The van der Waals surface area contributed by atoms with E-state index in [1.54, 1.807) is 13.8 Å². The van der Waals surface area contributed by atoms with Crippen molar-refractivity contribution in [2.75, 3.05) is 0 Å². The van der Waals surface area contributed by atoms with Crippen LogP contribution in [0.15, 0.2) is 9.31 Å². The summed E-state index contributed by atoms with van der Waals surface area (Å²) in [5.74, 6) is -1.12. The van der Waals surface area contributed by atoms with Crippen LogP contribution in [0.5, 0.6) is 0 Å². The zero-order chi connectivity index (χ0) is 12.5. The van der Waals surface area contributed by atoms with Gasteiger partial charge in [0.2, 0.25) is 10.0 Å². The van der Waals surface area contributed by atoms with Gasteiger partial charge in [-0.15, -0.1) is 0 Å². The Morgan fingerprint density at radius 2 is 1.81 bits per heavy atom. The second kappa shape index (κ2) is 4.26. The quantitative estimate of drug-likeness (QED) is 0.815. The Balaban J connectivity index is 3.66. The molecule has 90 valence electrons. The Morgan fingerprint density at radius 1 is 1.31 bits per heavy atom. The highest BCUT2D eigenvalue weighted by molar-refractivity contribution is 7.89. The molecule has 0 saturated carbocycles. The van der Waals surface area contributed by atoms with Gasteiger partial charge in [-0.1, -0.05) is 13.8 Å². The van der Waals surface area contributed by atoms with Crippen molar-refractivity contribution in [3.8, 4) is 0 Å². The molecule has 1 heterocycles. The number of primary sulfonamides is 1. The van der Waals surface area contributed by atoms with Gasteiger partial charge in [0.25, 0.3) is 0 Å². The van der Waals surface area contributed by atoms with Gasteiger partial charge >= 0.3 is 5.97 Å². The molecule has 0 unspecified atom stereocenters. The van der Waals surface area contributed by atoms with Gasteiger partial charge in [-0.3, -0.25) is 0 Å². The van der Waals surface area contributed by atoms with Crippen LogP contribution < -0.4 is 5.14 Å². The van der Waals surface area contributed by atoms with Crippen LogP contribution in [0.2, 0.25) is 0 Å². The Kier molecular flexibility index (Phi) is 3.39. The second-order valence-electron chi connectivity index (χ2n) is 3.21. The summed E-state index contributed by atoms with van der Waals surface area (Å²) in [7, 11) is -4.09. The van der Waals surface area contributed by atoms with Crippen LogP contribution in [0.4, 0.5) is 0 Å². The molecule has 3 N–H and O–H groups in total. The third-order valence-electron chi connectivity index (χ3n) is 2.15. The SMILES string of the molecule is CCc1oc(CC)c(S(N)(=O)=O)c1C(=O)O. The maximum Gasteiger partial charge on any atom is 0.340 e. The van der Waals surface area contributed by atoms with E-state index < -0.39 is 20.9 Å². The minimum absolute atomic E-state index is 0.0942. The Morgan fingerprint density at radius 3 is 2.12 bits per heavy atom. The molecule has 1 aromatic rings. The summed E-state index contributed by atoms with van der Waals surface area (Å²) < 4.78 is 27.8. The molecule has 0 radical (unpaired) electrons. The summed E-state index contributed by atoms with van der Waals surface area (Å²) in [4.78, 5) is 10.6. The van der Waals surface area contributed by atoms with Gasteiger partial charge in [0.1, 0.15) is 22.0 Å². The van der Waals surface area contributed by atoms with Crippen molar-refractivity contribution in [1.29, 1.82) is 0 Å². The van der Waals surface area contributed by atoms with Crippen LogP contribution >= 0.6 is 0 Å². The predicted octanol–water partition coefficient (Wildman–Crippen LogP) is 0.750. The third kappa shape index (κ3) is 2.10. The van der Waals surface area contributed by atoms with E-state index in [0.29, 0.717) is 6.42 Å². The summed E-state index contributed by atoms with van der Waals surface area (Å²) in [5.41, 5.74) is -0.346. The average Bonchev–Trinajstić information content (AvgIpc) is 2.55. The van der Waals surface area contributed by atoms with Crippen LogP contribution in [0.1, 0.15) is 35.7 Å². The standard InChI is InChI=1S/C9H13NO5S/c1-3-5-7(9(11)12)8(16(10,13)14)6(4-2)15-5/h3-4H2,1-2H3,(H,11,12)(H2,10,13,14). The Hall–Kier alpha value is -1.34. The van der Waals surface area contributed by atoms with Crippen LogP contribution in [0.3, 0.4) is 0 Å². The fourth-order valence-electron chi connectivity index (χ4n) is 1.51. The zero-order valence-corrected chi connectivity index (χ0v) is 9.80. The normalized spacial score (nSPS) is 11.7. The molecule has 7 heteroatoms. The van der Waals surface area contributed by atoms with E-state index in [1.165, 1.54) is 0 Å². The first kappa shape index (κ1) is 12.7. The predicted molar refractivity (Wildman–Crippen MR) is 55.8 cm³/mol. The van der Waals surface area contributed by atoms with Gasteiger partial charge < -0.3 is 9.52 Å². The summed E-state index contributed by atoms with van der Waals surface area (Å²) >= 11 is 0. The second-order valence-corrected chi connectivity index (χ2v) is 4.71. The smallest absolute Gasteiger partial charge is 0.340 e. The summed E-state index contributed by atoms with van der Waals surface area (Å²) in [6.07, 6.45) is 0.566. The molecule has 0 saturated heterocycles. The Labute approximate surface area is 93.1 Å². The monoisotopic (exact) mass is 247 g/mol. The lowest BCUT2D eigenvalue weighted by molar-refractivity contribution is 0.0690. The minimum atomic E-state index is -4.09. The first-order valence-corrected chi connectivity index (χ1v) is 6.28. The van der Waals surface area contributed by atoms with Gasteiger partial charge in [-0.25, -0.2) is 18.4 Å². The summed E-state index contributed by atoms with van der Waals surface area (Å²) in [6.45, 7) is 3.34. The van der Waals surface area contributed by atoms with Crippen LogP contribution in [0, 0.1) is 0 Å². The van der Waals surface area contributed by atoms with E-state index in [1.807, 2.05) is 0 Å². The number of hydrogen-bond acceptors (Lipinski definition) is 4. The van der Waals surface area contributed by atoms with Crippen LogP contribution in [-0.4, -0.2) is 19.5 Å². The van der Waals surface area contributed by atoms with Crippen LogP contribution in [0.25, 0.3) is 0 Å². The van der Waals surface area contributed by atoms with Gasteiger partial charge in [0, 0.05) is 12.8 Å². The number of furan rings is 1. The maximum absolute atomic E-state index is 11.3. The summed E-state index contributed by atoms with van der Waals surface area (Å²) in [5, 5.41) is 14.0. The van der Waals surface area contributed by atoms with Crippen molar-refractivity contribution in [2.24, 2.45) is 5.14 Å². The summed E-state index contributed by atoms with van der Waals surface area (Å²) in [6, 6.07) is 0. The van der Waals surface area contributed by atoms with E-state index in [-0.39, 0.29) is 23.5 Å². The molecular formula is C9H13NO5S. The lowest BCUT2D eigenvalue weighted by atomic mass is 10.2. The van der Waals surface area contributed by atoms with Crippen LogP contribution in [-0.2, 0) is 22.9 Å². The lowest BCUT2D eigenvalue weighted by Crippen LogP contribution is -2.17. The molecule has 16 heavy (non-hydrogen) atoms. The molecular weight excluding hydrogens is 234 g/mol. The van der Waals surface area contributed by atoms with Crippen molar-refractivity contribution in [2.45, 2.75) is 31.6 Å². The molecule has 1 aromatic heterocycles. The molecule has 0 aliphatic carbocycles. The molecule has 0 aromatic carbocycles. The van der Waals surface area contributed by atoms with Crippen molar-refractivity contribution < 1.29 is 22.7 Å². The van der Waals surface area contributed by atoms with Crippen molar-refractivity contribution in [3.63, 3.8) is 0 Å². The molecule has 0 bridgehead atoms. The highest BCUT2D eigenvalue weighted by Crippen LogP contribution is 2.27. The molecule has 1 rings (SSSR count). The molecule has 0 spiro atoms. The first-order valence-electron chi connectivity index (χ1n) is 4.73. The average molecular weight is 247 g/mol. The molecule has 0 fully saturated rings. The topological polar surface area (TPSA) is 111 Å². The number of hydrogen-bond donors (Lipinski definition) is 2. The number of sulfonamides is 1. The lowest BCUT2D eigenvalue weighted by Gasteiger charge is -1.98. The largest absolute Gasteiger partial charge is 0.478 e. The van der Waals surface area contributed by atoms with E-state index >= 15 is 0 Å². The van der Waals surface area contributed by atoms with Crippen molar-refractivity contribution in [3.05, 3.63) is 17.1 Å². The zero-order valence-electron chi connectivity index (χ0n) is 8.98. The van der Waals surface area contributed by atoms with E-state index in [2.05, 4.69) is 0 Å². The molecule has 0 aliphatic heterocycles. The van der Waals surface area contributed by atoms with E-state index in [4.69, 9.17) is 14.7 Å². The number of carboxylic acid groups (broad SMARTS) is 1. The third-order valence-corrected chi connectivity index (χ3v) is 3.15. The van der Waals surface area contributed by atoms with Crippen molar-refractivity contribution >= 4 is 16.0 Å².